The Balaban J connectivity index is 2.66. The Morgan fingerprint density at radius 2 is 2.38 bits per heavy atom. The van der Waals surface area contributed by atoms with Crippen LogP contribution in [0, 0.1) is 11.3 Å². The van der Waals surface area contributed by atoms with Gasteiger partial charge in [0.15, 0.2) is 0 Å². The molecule has 0 bridgehead atoms. The zero-order chi connectivity index (χ0) is 12.1. The van der Waals surface area contributed by atoms with Crippen LogP contribution in [0.15, 0.2) is 11.4 Å². The zero-order valence-corrected chi connectivity index (χ0v) is 9.40. The molecule has 0 spiro atoms. The minimum Gasteiger partial charge on any atom is -0.469 e. The lowest BCUT2D eigenvalue weighted by atomic mass is 10.1. The number of aliphatic hydroxyl groups is 2. The molecule has 2 unspecified atom stereocenters. The van der Waals surface area contributed by atoms with Gasteiger partial charge in [0, 0.05) is 0 Å². The van der Waals surface area contributed by atoms with Gasteiger partial charge < -0.3 is 14.9 Å². The number of hydrogen-bond donors (Lipinski definition) is 2. The quantitative estimate of drug-likeness (QED) is 0.752. The molecule has 0 saturated carbocycles. The Morgan fingerprint density at radius 1 is 1.69 bits per heavy atom. The number of ether oxygens (including phenoxy) is 1. The highest BCUT2D eigenvalue weighted by atomic mass is 32.1. The lowest BCUT2D eigenvalue weighted by Crippen LogP contribution is -2.22. The van der Waals surface area contributed by atoms with E-state index in [-0.39, 0.29) is 6.42 Å². The van der Waals surface area contributed by atoms with E-state index in [2.05, 4.69) is 4.74 Å². The van der Waals surface area contributed by atoms with Gasteiger partial charge in [-0.3, -0.25) is 4.79 Å². The first-order valence-corrected chi connectivity index (χ1v) is 5.38. The van der Waals surface area contributed by atoms with E-state index in [1.54, 1.807) is 5.38 Å². The highest BCUT2D eigenvalue weighted by molar-refractivity contribution is 7.10. The van der Waals surface area contributed by atoms with E-state index in [9.17, 15) is 15.0 Å². The maximum atomic E-state index is 10.9. The second-order valence-electron chi connectivity index (χ2n) is 3.15. The molecule has 1 rings (SSSR count). The van der Waals surface area contributed by atoms with Crippen LogP contribution in [0.1, 0.15) is 23.0 Å². The largest absolute Gasteiger partial charge is 0.469 e. The van der Waals surface area contributed by atoms with E-state index in [0.717, 1.165) is 0 Å². The standard InChI is InChI=1S/C10H11NO4S/c1-15-9(13)3-8(12)10(14)6-2-7(4-11)16-5-6/h2,5,8,10,12,14H,3H2,1H3. The first-order chi connectivity index (χ1) is 7.58. The second-order valence-corrected chi connectivity index (χ2v) is 4.06. The van der Waals surface area contributed by atoms with Crippen molar-refractivity contribution >= 4 is 17.3 Å². The first-order valence-electron chi connectivity index (χ1n) is 4.50. The lowest BCUT2D eigenvalue weighted by molar-refractivity contribution is -0.144. The predicted octanol–water partition coefficient (Wildman–Crippen LogP) is 0.577. The molecule has 2 N–H and O–H groups in total. The third kappa shape index (κ3) is 3.03. The minimum atomic E-state index is -1.23. The van der Waals surface area contributed by atoms with Crippen molar-refractivity contribution in [3.05, 3.63) is 21.9 Å². The van der Waals surface area contributed by atoms with Crippen molar-refractivity contribution in [2.24, 2.45) is 0 Å². The molecule has 0 fully saturated rings. The molecule has 86 valence electrons. The summed E-state index contributed by atoms with van der Waals surface area (Å²) in [5, 5.41) is 29.4. The van der Waals surface area contributed by atoms with Crippen molar-refractivity contribution in [3.63, 3.8) is 0 Å². The van der Waals surface area contributed by atoms with Crippen LogP contribution in [0.2, 0.25) is 0 Å². The summed E-state index contributed by atoms with van der Waals surface area (Å²) < 4.78 is 4.37. The summed E-state index contributed by atoms with van der Waals surface area (Å²) in [5.41, 5.74) is 0.429. The molecule has 0 aliphatic carbocycles. The third-order valence-corrected chi connectivity index (χ3v) is 2.89. The number of nitriles is 1. The molecule has 16 heavy (non-hydrogen) atoms. The van der Waals surface area contributed by atoms with E-state index >= 15 is 0 Å². The number of aliphatic hydroxyl groups excluding tert-OH is 2. The molecule has 2 atom stereocenters. The van der Waals surface area contributed by atoms with Gasteiger partial charge in [-0.05, 0) is 17.0 Å². The van der Waals surface area contributed by atoms with Gasteiger partial charge >= 0.3 is 5.97 Å². The van der Waals surface area contributed by atoms with Crippen LogP contribution >= 0.6 is 11.3 Å². The van der Waals surface area contributed by atoms with E-state index in [4.69, 9.17) is 5.26 Å². The summed E-state index contributed by atoms with van der Waals surface area (Å²) in [5.74, 6) is -0.595. The summed E-state index contributed by atoms with van der Waals surface area (Å²) in [7, 11) is 1.21. The van der Waals surface area contributed by atoms with Gasteiger partial charge in [0.2, 0.25) is 0 Å². The first kappa shape index (κ1) is 12.6. The van der Waals surface area contributed by atoms with Gasteiger partial charge in [-0.1, -0.05) is 0 Å². The number of thiophene rings is 1. The number of carbonyl (C=O) groups is 1. The smallest absolute Gasteiger partial charge is 0.308 e. The molecule has 0 saturated heterocycles. The Hall–Kier alpha value is -1.42. The fourth-order valence-corrected chi connectivity index (χ4v) is 1.88. The number of methoxy groups -OCH3 is 1. The summed E-state index contributed by atoms with van der Waals surface area (Å²) >= 11 is 1.17. The monoisotopic (exact) mass is 241 g/mol. The van der Waals surface area contributed by atoms with Gasteiger partial charge in [-0.15, -0.1) is 11.3 Å². The van der Waals surface area contributed by atoms with Crippen LogP contribution in [0.5, 0.6) is 0 Å². The van der Waals surface area contributed by atoms with Crippen LogP contribution in [-0.2, 0) is 9.53 Å². The maximum absolute atomic E-state index is 10.9. The molecule has 0 amide bonds. The summed E-state index contributed by atoms with van der Waals surface area (Å²) in [6.07, 6.45) is -2.69. The van der Waals surface area contributed by atoms with Crippen molar-refractivity contribution < 1.29 is 19.7 Å². The number of nitrogens with zero attached hydrogens (tertiary/aromatic N) is 1. The van der Waals surface area contributed by atoms with Crippen LogP contribution in [0.25, 0.3) is 0 Å². The number of rotatable bonds is 4. The fourth-order valence-electron chi connectivity index (χ4n) is 1.15. The summed E-state index contributed by atoms with van der Waals surface area (Å²) in [4.78, 5) is 11.3. The Kier molecular flexibility index (Phi) is 4.43. The molecule has 1 heterocycles. The molecule has 0 aliphatic heterocycles. The molecular formula is C10H11NO4S. The maximum Gasteiger partial charge on any atom is 0.308 e. The SMILES string of the molecule is COC(=O)CC(O)C(O)c1csc(C#N)c1. The van der Waals surface area contributed by atoms with Gasteiger partial charge in [-0.2, -0.15) is 5.26 Å². The zero-order valence-electron chi connectivity index (χ0n) is 8.58. The van der Waals surface area contributed by atoms with E-state index in [1.165, 1.54) is 24.5 Å². The molecule has 0 aliphatic rings. The molecule has 0 radical (unpaired) electrons. The third-order valence-electron chi connectivity index (χ3n) is 2.04. The number of carbonyl (C=O) groups excluding carboxylic acids is 1. The van der Waals surface area contributed by atoms with Crippen LogP contribution in [0.4, 0.5) is 0 Å². The number of esters is 1. The van der Waals surface area contributed by atoms with Crippen LogP contribution < -0.4 is 0 Å². The predicted molar refractivity (Wildman–Crippen MR) is 56.6 cm³/mol. The van der Waals surface area contributed by atoms with Crippen molar-refractivity contribution in [2.45, 2.75) is 18.6 Å². The Bertz CT molecular complexity index is 409. The topological polar surface area (TPSA) is 90.6 Å². The van der Waals surface area contributed by atoms with Crippen LogP contribution in [-0.4, -0.2) is 29.4 Å². The van der Waals surface area contributed by atoms with E-state index in [0.29, 0.717) is 10.4 Å². The van der Waals surface area contributed by atoms with Crippen molar-refractivity contribution in [3.8, 4) is 6.07 Å². The lowest BCUT2D eigenvalue weighted by Gasteiger charge is -2.15. The average molecular weight is 241 g/mol. The highest BCUT2D eigenvalue weighted by Gasteiger charge is 2.22. The number of hydrogen-bond acceptors (Lipinski definition) is 6. The fraction of sp³-hybridized carbons (Fsp3) is 0.400. The molecule has 0 aromatic carbocycles. The van der Waals surface area contributed by atoms with Gasteiger partial charge in [-0.25, -0.2) is 0 Å². The molecule has 1 aromatic rings. The molecule has 6 heteroatoms. The average Bonchev–Trinajstić information content (AvgIpc) is 2.76. The Labute approximate surface area is 96.5 Å². The normalized spacial score (nSPS) is 13.9. The highest BCUT2D eigenvalue weighted by Crippen LogP contribution is 2.24. The summed E-state index contributed by atoms with van der Waals surface area (Å²) in [6.45, 7) is 0. The summed E-state index contributed by atoms with van der Waals surface area (Å²) in [6, 6.07) is 3.41. The van der Waals surface area contributed by atoms with E-state index in [1.807, 2.05) is 6.07 Å². The van der Waals surface area contributed by atoms with Gasteiger partial charge in [0.05, 0.1) is 19.6 Å². The Morgan fingerprint density at radius 3 is 2.88 bits per heavy atom. The van der Waals surface area contributed by atoms with Gasteiger partial charge in [0.1, 0.15) is 17.1 Å². The molecule has 5 nitrogen and oxygen atoms in total. The van der Waals surface area contributed by atoms with Crippen LogP contribution in [0.3, 0.4) is 0 Å². The second kappa shape index (κ2) is 5.61. The van der Waals surface area contributed by atoms with Gasteiger partial charge in [0.25, 0.3) is 0 Å². The molecule has 1 aromatic heterocycles. The van der Waals surface area contributed by atoms with Crippen molar-refractivity contribution in [1.29, 1.82) is 5.26 Å². The van der Waals surface area contributed by atoms with E-state index < -0.39 is 18.2 Å². The van der Waals surface area contributed by atoms with Crippen molar-refractivity contribution in [2.75, 3.05) is 7.11 Å². The molecular weight excluding hydrogens is 230 g/mol. The van der Waals surface area contributed by atoms with Crippen molar-refractivity contribution in [1.82, 2.24) is 0 Å². The minimum absolute atomic E-state index is 0.282.